The van der Waals surface area contributed by atoms with Crippen LogP contribution in [-0.2, 0) is 10.0 Å². The first-order valence-electron chi connectivity index (χ1n) is 7.66. The van der Waals surface area contributed by atoms with Gasteiger partial charge in [0.1, 0.15) is 11.5 Å². The van der Waals surface area contributed by atoms with Crippen molar-refractivity contribution in [1.29, 1.82) is 0 Å². The third-order valence-corrected chi connectivity index (χ3v) is 5.42. The summed E-state index contributed by atoms with van der Waals surface area (Å²) in [5.74, 6) is 0.306. The third-order valence-electron chi connectivity index (χ3n) is 4.45. The molecule has 0 bridgehead atoms. The highest BCUT2D eigenvalue weighted by Gasteiger charge is 2.41. The molecular formula is C15H21N3O5S. The van der Waals surface area contributed by atoms with Gasteiger partial charge in [-0.3, -0.25) is 4.79 Å². The van der Waals surface area contributed by atoms with Crippen LogP contribution in [0.5, 0.6) is 11.5 Å². The summed E-state index contributed by atoms with van der Waals surface area (Å²) in [7, 11) is -1.40. The lowest BCUT2D eigenvalue weighted by Crippen LogP contribution is -2.35. The minimum Gasteiger partial charge on any atom is -0.495 e. The molecule has 0 spiro atoms. The number of sulfonamides is 1. The highest BCUT2D eigenvalue weighted by molar-refractivity contribution is 7.89. The molecule has 2 aliphatic rings. The molecule has 2 unspecified atom stereocenters. The van der Waals surface area contributed by atoms with Crippen LogP contribution in [0.25, 0.3) is 0 Å². The number of hydrogen-bond donors (Lipinski definition) is 2. The number of primary sulfonamides is 1. The van der Waals surface area contributed by atoms with Crippen molar-refractivity contribution in [2.24, 2.45) is 11.1 Å². The number of nitrogens with one attached hydrogen (secondary N) is 1. The molecule has 2 fully saturated rings. The predicted octanol–water partition coefficient (Wildman–Crippen LogP) is -0.215. The summed E-state index contributed by atoms with van der Waals surface area (Å²) in [6.07, 6.45) is 1.08. The van der Waals surface area contributed by atoms with Crippen molar-refractivity contribution in [2.75, 3.05) is 33.9 Å². The largest absolute Gasteiger partial charge is 0.495 e. The van der Waals surface area contributed by atoms with E-state index in [-0.39, 0.29) is 22.3 Å². The van der Waals surface area contributed by atoms with Crippen molar-refractivity contribution in [3.8, 4) is 11.5 Å². The number of nitrogens with zero attached hydrogens (tertiary/aromatic N) is 1. The number of benzene rings is 1. The fraction of sp³-hybridized carbons (Fsp3) is 0.533. The van der Waals surface area contributed by atoms with Crippen molar-refractivity contribution < 1.29 is 22.7 Å². The molecule has 1 aliphatic carbocycles. The first-order valence-corrected chi connectivity index (χ1v) is 9.21. The average molecular weight is 355 g/mol. The van der Waals surface area contributed by atoms with Crippen molar-refractivity contribution in [3.63, 3.8) is 0 Å². The number of methoxy groups -OCH3 is 2. The second-order valence-corrected chi connectivity index (χ2v) is 7.56. The van der Waals surface area contributed by atoms with E-state index in [1.165, 1.54) is 26.4 Å². The Kier molecular flexibility index (Phi) is 4.41. The lowest BCUT2D eigenvalue weighted by molar-refractivity contribution is 0.0756. The number of fused-ring (bicyclic) bond motifs is 1. The van der Waals surface area contributed by atoms with Crippen LogP contribution < -0.4 is 19.9 Å². The van der Waals surface area contributed by atoms with E-state index in [9.17, 15) is 13.2 Å². The molecule has 1 amide bonds. The molecule has 1 aliphatic heterocycles. The molecule has 2 atom stereocenters. The van der Waals surface area contributed by atoms with Gasteiger partial charge >= 0.3 is 0 Å². The van der Waals surface area contributed by atoms with Crippen molar-refractivity contribution in [2.45, 2.75) is 17.4 Å². The van der Waals surface area contributed by atoms with Gasteiger partial charge in [-0.2, -0.15) is 0 Å². The van der Waals surface area contributed by atoms with Crippen LogP contribution in [-0.4, -0.2) is 59.1 Å². The minimum atomic E-state index is -4.05. The fourth-order valence-corrected chi connectivity index (χ4v) is 3.95. The second kappa shape index (κ2) is 6.23. The second-order valence-electron chi connectivity index (χ2n) is 6.06. The van der Waals surface area contributed by atoms with Gasteiger partial charge in [-0.25, -0.2) is 13.6 Å². The Morgan fingerprint density at radius 1 is 1.29 bits per heavy atom. The van der Waals surface area contributed by atoms with Crippen LogP contribution >= 0.6 is 0 Å². The number of carbonyl (C=O) groups excluding carboxylic acids is 1. The molecule has 24 heavy (non-hydrogen) atoms. The highest BCUT2D eigenvalue weighted by Crippen LogP contribution is 2.36. The molecule has 1 saturated carbocycles. The number of hydrogen-bond acceptors (Lipinski definition) is 6. The van der Waals surface area contributed by atoms with Gasteiger partial charge in [0, 0.05) is 31.2 Å². The number of ether oxygens (including phenoxy) is 2. The van der Waals surface area contributed by atoms with Gasteiger partial charge < -0.3 is 19.7 Å². The first kappa shape index (κ1) is 17.0. The van der Waals surface area contributed by atoms with E-state index in [0.29, 0.717) is 30.6 Å². The average Bonchev–Trinajstić information content (AvgIpc) is 3.29. The maximum Gasteiger partial charge on any atom is 0.254 e. The summed E-state index contributed by atoms with van der Waals surface area (Å²) in [4.78, 5) is 14.3. The molecule has 1 aromatic carbocycles. The number of rotatable bonds is 4. The van der Waals surface area contributed by atoms with E-state index < -0.39 is 10.0 Å². The lowest BCUT2D eigenvalue weighted by atomic mass is 10.1. The van der Waals surface area contributed by atoms with Gasteiger partial charge in [0.25, 0.3) is 5.91 Å². The molecule has 1 aromatic rings. The number of nitrogens with two attached hydrogens (primary N) is 1. The van der Waals surface area contributed by atoms with Crippen molar-refractivity contribution in [3.05, 3.63) is 17.7 Å². The smallest absolute Gasteiger partial charge is 0.254 e. The van der Waals surface area contributed by atoms with E-state index in [4.69, 9.17) is 14.6 Å². The summed E-state index contributed by atoms with van der Waals surface area (Å²) < 4.78 is 33.8. The Balaban J connectivity index is 1.97. The maximum atomic E-state index is 12.8. The highest BCUT2D eigenvalue weighted by atomic mass is 32.2. The molecule has 8 nitrogen and oxygen atoms in total. The fourth-order valence-electron chi connectivity index (χ4n) is 3.11. The summed E-state index contributed by atoms with van der Waals surface area (Å²) in [5, 5.41) is 8.62. The van der Waals surface area contributed by atoms with Crippen LogP contribution in [0.1, 0.15) is 16.8 Å². The van der Waals surface area contributed by atoms with Crippen LogP contribution in [0.3, 0.4) is 0 Å². The van der Waals surface area contributed by atoms with Gasteiger partial charge in [-0.15, -0.1) is 0 Å². The Morgan fingerprint density at radius 3 is 2.46 bits per heavy atom. The van der Waals surface area contributed by atoms with Gasteiger partial charge in [0.15, 0.2) is 4.90 Å². The molecule has 132 valence electrons. The molecule has 1 heterocycles. The van der Waals surface area contributed by atoms with E-state index >= 15 is 0 Å². The quantitative estimate of drug-likeness (QED) is 0.773. The zero-order valence-corrected chi connectivity index (χ0v) is 14.4. The van der Waals surface area contributed by atoms with Crippen LogP contribution in [0.2, 0.25) is 0 Å². The van der Waals surface area contributed by atoms with Crippen molar-refractivity contribution >= 4 is 15.9 Å². The van der Waals surface area contributed by atoms with E-state index in [1.807, 2.05) is 0 Å². The minimum absolute atomic E-state index is 0.00237. The van der Waals surface area contributed by atoms with Crippen LogP contribution in [0, 0.1) is 5.92 Å². The normalized spacial score (nSPS) is 23.2. The maximum absolute atomic E-state index is 12.8. The van der Waals surface area contributed by atoms with Crippen molar-refractivity contribution in [1.82, 2.24) is 10.2 Å². The number of amides is 1. The first-order chi connectivity index (χ1) is 11.3. The Labute approximate surface area is 141 Å². The van der Waals surface area contributed by atoms with E-state index in [1.54, 1.807) is 4.90 Å². The topological polar surface area (TPSA) is 111 Å². The predicted molar refractivity (Wildman–Crippen MR) is 86.7 cm³/mol. The monoisotopic (exact) mass is 355 g/mol. The molecule has 3 rings (SSSR count). The Hall–Kier alpha value is -1.84. The Bertz CT molecular complexity index is 739. The molecule has 0 radical (unpaired) electrons. The van der Waals surface area contributed by atoms with Crippen LogP contribution in [0.4, 0.5) is 0 Å². The molecule has 3 N–H and O–H groups in total. The number of carbonyl (C=O) groups is 1. The molecule has 0 aromatic heterocycles. The molecule has 1 saturated heterocycles. The van der Waals surface area contributed by atoms with Gasteiger partial charge in [0.2, 0.25) is 10.0 Å². The standard InChI is InChI=1S/C15H21N3O5S/c1-22-12-6-9(7-13(23-2)14(12)24(16,20)21)15(19)18-4-3-17-11-5-10(11)8-18/h6-7,10-11,17H,3-5,8H2,1-2H3,(H2,16,20,21). The molecule has 9 heteroatoms. The third kappa shape index (κ3) is 3.19. The zero-order chi connectivity index (χ0) is 17.5. The van der Waals surface area contributed by atoms with Gasteiger partial charge in [-0.1, -0.05) is 0 Å². The van der Waals surface area contributed by atoms with Gasteiger partial charge in [0.05, 0.1) is 14.2 Å². The van der Waals surface area contributed by atoms with E-state index in [0.717, 1.165) is 13.0 Å². The lowest BCUT2D eigenvalue weighted by Gasteiger charge is -2.22. The SMILES string of the molecule is COc1cc(C(=O)N2CCNC3CC3C2)cc(OC)c1S(N)(=O)=O. The summed E-state index contributed by atoms with van der Waals surface area (Å²) in [5.41, 5.74) is 0.315. The summed E-state index contributed by atoms with van der Waals surface area (Å²) in [6, 6.07) is 3.30. The zero-order valence-electron chi connectivity index (χ0n) is 13.6. The Morgan fingerprint density at radius 2 is 1.92 bits per heavy atom. The summed E-state index contributed by atoms with van der Waals surface area (Å²) in [6.45, 7) is 2.04. The summed E-state index contributed by atoms with van der Waals surface area (Å²) >= 11 is 0. The van der Waals surface area contributed by atoms with E-state index in [2.05, 4.69) is 5.32 Å². The van der Waals surface area contributed by atoms with Crippen LogP contribution in [0.15, 0.2) is 17.0 Å². The van der Waals surface area contributed by atoms with Gasteiger partial charge in [-0.05, 0) is 24.5 Å². The molecular weight excluding hydrogens is 334 g/mol.